The van der Waals surface area contributed by atoms with Crippen LogP contribution in [0.4, 0.5) is 0 Å². The molecule has 0 radical (unpaired) electrons. The second kappa shape index (κ2) is 12.6. The predicted molar refractivity (Wildman–Crippen MR) is 125 cm³/mol. The van der Waals surface area contributed by atoms with Crippen molar-refractivity contribution in [3.05, 3.63) is 0 Å². The van der Waals surface area contributed by atoms with Crippen molar-refractivity contribution in [3.63, 3.8) is 0 Å². The fraction of sp³-hybridized carbons (Fsp3) is 1.00. The van der Waals surface area contributed by atoms with Gasteiger partial charge in [-0.2, -0.15) is 0 Å². The van der Waals surface area contributed by atoms with E-state index >= 15 is 0 Å². The van der Waals surface area contributed by atoms with E-state index in [0.717, 1.165) is 35.5 Å². The largest absolute Gasteiger partial charge is 0.0654 e. The van der Waals surface area contributed by atoms with Gasteiger partial charge in [-0.25, -0.2) is 0 Å². The highest BCUT2D eigenvalue weighted by Gasteiger charge is 2.32. The molecule has 0 saturated heterocycles. The van der Waals surface area contributed by atoms with E-state index in [0.29, 0.717) is 0 Å². The predicted octanol–water partition coefficient (Wildman–Crippen LogP) is 9.57. The van der Waals surface area contributed by atoms with Crippen LogP contribution in [-0.4, -0.2) is 0 Å². The summed E-state index contributed by atoms with van der Waals surface area (Å²) >= 11 is 0. The smallest absolute Gasteiger partial charge is 0.0383 e. The zero-order valence-electron chi connectivity index (χ0n) is 19.6. The standard InChI is InChI=1S/C28H52/c1-3-10-23-14-8-16-27(21-23)28-17-9-15-26(22-28)19-18-24(11-4-2)20-25-12-6-5-7-13-25/h23-28H,3-22H2,1-2H3. The molecule has 0 N–H and O–H groups in total. The number of hydrogen-bond donors (Lipinski definition) is 0. The molecule has 0 bridgehead atoms. The van der Waals surface area contributed by atoms with E-state index in [1.807, 2.05) is 0 Å². The summed E-state index contributed by atoms with van der Waals surface area (Å²) in [6.45, 7) is 4.81. The summed E-state index contributed by atoms with van der Waals surface area (Å²) < 4.78 is 0. The number of rotatable bonds is 10. The van der Waals surface area contributed by atoms with Crippen molar-refractivity contribution in [1.82, 2.24) is 0 Å². The summed E-state index contributed by atoms with van der Waals surface area (Å²) in [4.78, 5) is 0. The molecule has 0 heteroatoms. The highest BCUT2D eigenvalue weighted by atomic mass is 14.4. The minimum absolute atomic E-state index is 1.05. The van der Waals surface area contributed by atoms with Gasteiger partial charge >= 0.3 is 0 Å². The molecule has 0 spiro atoms. The maximum atomic E-state index is 2.42. The van der Waals surface area contributed by atoms with Crippen LogP contribution in [0.3, 0.4) is 0 Å². The molecule has 0 nitrogen and oxygen atoms in total. The van der Waals surface area contributed by atoms with Gasteiger partial charge in [-0.05, 0) is 54.8 Å². The van der Waals surface area contributed by atoms with Crippen molar-refractivity contribution >= 4 is 0 Å². The van der Waals surface area contributed by atoms with Crippen molar-refractivity contribution in [3.8, 4) is 0 Å². The van der Waals surface area contributed by atoms with Crippen molar-refractivity contribution in [2.75, 3.05) is 0 Å². The average Bonchev–Trinajstić information content (AvgIpc) is 2.74. The molecule has 0 amide bonds. The second-order valence-corrected chi connectivity index (χ2v) is 11.3. The average molecular weight is 389 g/mol. The Morgan fingerprint density at radius 3 is 1.79 bits per heavy atom. The molecule has 0 aromatic carbocycles. The Kier molecular flexibility index (Phi) is 10.2. The van der Waals surface area contributed by atoms with E-state index in [2.05, 4.69) is 13.8 Å². The van der Waals surface area contributed by atoms with Crippen molar-refractivity contribution in [1.29, 1.82) is 0 Å². The van der Waals surface area contributed by atoms with Crippen LogP contribution < -0.4 is 0 Å². The summed E-state index contributed by atoms with van der Waals surface area (Å²) in [5.41, 5.74) is 0. The molecule has 0 aromatic heterocycles. The van der Waals surface area contributed by atoms with Crippen LogP contribution in [0.1, 0.15) is 142 Å². The van der Waals surface area contributed by atoms with Crippen LogP contribution in [0.5, 0.6) is 0 Å². The molecule has 0 aliphatic heterocycles. The van der Waals surface area contributed by atoms with Gasteiger partial charge in [0.05, 0.1) is 0 Å². The van der Waals surface area contributed by atoms with Gasteiger partial charge in [0.25, 0.3) is 0 Å². The Morgan fingerprint density at radius 1 is 0.571 bits per heavy atom. The zero-order valence-corrected chi connectivity index (χ0v) is 19.6. The van der Waals surface area contributed by atoms with Gasteiger partial charge in [0.2, 0.25) is 0 Å². The molecule has 5 atom stereocenters. The van der Waals surface area contributed by atoms with Gasteiger partial charge < -0.3 is 0 Å². The van der Waals surface area contributed by atoms with Gasteiger partial charge in [0.15, 0.2) is 0 Å². The van der Waals surface area contributed by atoms with Gasteiger partial charge in [-0.1, -0.05) is 123 Å². The van der Waals surface area contributed by atoms with Crippen LogP contribution in [0.2, 0.25) is 0 Å². The molecule has 28 heavy (non-hydrogen) atoms. The van der Waals surface area contributed by atoms with Crippen molar-refractivity contribution in [2.24, 2.45) is 35.5 Å². The van der Waals surface area contributed by atoms with Gasteiger partial charge in [-0.3, -0.25) is 0 Å². The third kappa shape index (κ3) is 7.36. The molecule has 0 heterocycles. The Hall–Kier alpha value is 0. The molecular weight excluding hydrogens is 336 g/mol. The summed E-state index contributed by atoms with van der Waals surface area (Å²) in [6.07, 6.45) is 30.7. The van der Waals surface area contributed by atoms with Crippen LogP contribution in [-0.2, 0) is 0 Å². The van der Waals surface area contributed by atoms with Crippen LogP contribution in [0.25, 0.3) is 0 Å². The van der Waals surface area contributed by atoms with Crippen molar-refractivity contribution in [2.45, 2.75) is 142 Å². The fourth-order valence-corrected chi connectivity index (χ4v) is 7.61. The SMILES string of the molecule is CCCC(CCC1CCCC(C2CCCC(CCC)C2)C1)CC1CCCCC1. The molecule has 164 valence electrons. The van der Waals surface area contributed by atoms with E-state index in [1.54, 1.807) is 77.0 Å². The maximum Gasteiger partial charge on any atom is -0.0383 e. The van der Waals surface area contributed by atoms with Crippen LogP contribution in [0.15, 0.2) is 0 Å². The minimum Gasteiger partial charge on any atom is -0.0654 e. The van der Waals surface area contributed by atoms with Crippen LogP contribution >= 0.6 is 0 Å². The lowest BCUT2D eigenvalue weighted by Crippen LogP contribution is -2.27. The molecule has 0 aromatic rings. The van der Waals surface area contributed by atoms with Gasteiger partial charge in [0.1, 0.15) is 0 Å². The van der Waals surface area contributed by atoms with Gasteiger partial charge in [0, 0.05) is 0 Å². The Balaban J connectivity index is 1.42. The first-order valence-electron chi connectivity index (χ1n) is 13.8. The van der Waals surface area contributed by atoms with E-state index in [9.17, 15) is 0 Å². The Labute approximate surface area is 178 Å². The number of hydrogen-bond acceptors (Lipinski definition) is 0. The third-order valence-corrected chi connectivity index (χ3v) is 9.08. The lowest BCUT2D eigenvalue weighted by atomic mass is 9.66. The summed E-state index contributed by atoms with van der Waals surface area (Å²) in [5.74, 6) is 6.49. The first-order chi connectivity index (χ1) is 13.8. The van der Waals surface area contributed by atoms with E-state index in [1.165, 1.54) is 51.4 Å². The molecule has 3 rings (SSSR count). The minimum atomic E-state index is 1.05. The van der Waals surface area contributed by atoms with Crippen molar-refractivity contribution < 1.29 is 0 Å². The van der Waals surface area contributed by atoms with Gasteiger partial charge in [-0.15, -0.1) is 0 Å². The molecule has 3 aliphatic carbocycles. The summed E-state index contributed by atoms with van der Waals surface area (Å²) in [7, 11) is 0. The lowest BCUT2D eigenvalue weighted by molar-refractivity contribution is 0.123. The third-order valence-electron chi connectivity index (χ3n) is 9.08. The Morgan fingerprint density at radius 2 is 1.18 bits per heavy atom. The summed E-state index contributed by atoms with van der Waals surface area (Å²) in [6, 6.07) is 0. The normalized spacial score (nSPS) is 33.6. The molecular formula is C28H52. The first-order valence-corrected chi connectivity index (χ1v) is 13.8. The van der Waals surface area contributed by atoms with E-state index < -0.39 is 0 Å². The first kappa shape index (κ1) is 22.7. The zero-order chi connectivity index (χ0) is 19.6. The Bertz CT molecular complexity index is 391. The molecule has 3 fully saturated rings. The van der Waals surface area contributed by atoms with Crippen LogP contribution in [0, 0.1) is 35.5 Å². The van der Waals surface area contributed by atoms with E-state index in [-0.39, 0.29) is 0 Å². The topological polar surface area (TPSA) is 0 Å². The fourth-order valence-electron chi connectivity index (χ4n) is 7.61. The maximum absolute atomic E-state index is 2.42. The highest BCUT2D eigenvalue weighted by molar-refractivity contribution is 4.83. The van der Waals surface area contributed by atoms with E-state index in [4.69, 9.17) is 0 Å². The molecule has 5 unspecified atom stereocenters. The monoisotopic (exact) mass is 388 g/mol. The highest BCUT2D eigenvalue weighted by Crippen LogP contribution is 2.44. The second-order valence-electron chi connectivity index (χ2n) is 11.3. The summed E-state index contributed by atoms with van der Waals surface area (Å²) in [5, 5.41) is 0. The quantitative estimate of drug-likeness (QED) is 0.349. The molecule has 3 saturated carbocycles. The lowest BCUT2D eigenvalue weighted by Gasteiger charge is -2.39. The molecule has 3 aliphatic rings.